The average molecular weight is 191 g/mol. The maximum absolute atomic E-state index is 11.4. The highest BCUT2D eigenvalue weighted by Gasteiger charge is 2.14. The summed E-state index contributed by atoms with van der Waals surface area (Å²) in [7, 11) is 0. The van der Waals surface area contributed by atoms with Crippen LogP contribution in [0.15, 0.2) is 0 Å². The molecule has 0 aromatic carbocycles. The van der Waals surface area contributed by atoms with Crippen molar-refractivity contribution in [3.05, 3.63) is 17.0 Å². The largest absolute Gasteiger partial charge is 0.271 e. The van der Waals surface area contributed by atoms with Gasteiger partial charge >= 0.3 is 0 Å². The van der Waals surface area contributed by atoms with Gasteiger partial charge in [0.05, 0.1) is 11.8 Å². The Bertz CT molecular complexity index is 398. The second-order valence-electron chi connectivity index (χ2n) is 3.14. The first-order chi connectivity index (χ1) is 6.61. The fourth-order valence-corrected chi connectivity index (χ4v) is 1.57. The first-order valence-electron chi connectivity index (χ1n) is 4.57. The van der Waals surface area contributed by atoms with E-state index in [-0.39, 0.29) is 12.3 Å². The van der Waals surface area contributed by atoms with E-state index in [9.17, 15) is 4.79 Å². The van der Waals surface area contributed by atoms with E-state index in [2.05, 4.69) is 5.10 Å². The highest BCUT2D eigenvalue weighted by molar-refractivity contribution is 5.80. The van der Waals surface area contributed by atoms with Gasteiger partial charge in [-0.05, 0) is 25.8 Å². The summed E-state index contributed by atoms with van der Waals surface area (Å²) in [5.41, 5.74) is 2.82. The van der Waals surface area contributed by atoms with E-state index < -0.39 is 0 Å². The van der Waals surface area contributed by atoms with Gasteiger partial charge in [-0.1, -0.05) is 6.92 Å². The van der Waals surface area contributed by atoms with Gasteiger partial charge in [0.15, 0.2) is 0 Å². The van der Waals surface area contributed by atoms with Crippen LogP contribution >= 0.6 is 0 Å². The van der Waals surface area contributed by atoms with Crippen molar-refractivity contribution in [2.24, 2.45) is 0 Å². The lowest BCUT2D eigenvalue weighted by Crippen LogP contribution is -2.13. The Morgan fingerprint density at radius 2 is 2.21 bits per heavy atom. The molecule has 0 aliphatic rings. The second-order valence-corrected chi connectivity index (χ2v) is 3.14. The van der Waals surface area contributed by atoms with Gasteiger partial charge in [0.1, 0.15) is 6.42 Å². The first-order valence-corrected chi connectivity index (χ1v) is 4.57. The molecule has 1 aromatic heterocycles. The minimum Gasteiger partial charge on any atom is -0.271 e. The van der Waals surface area contributed by atoms with Gasteiger partial charge in [-0.3, -0.25) is 4.79 Å². The third-order valence-electron chi connectivity index (χ3n) is 2.26. The zero-order chi connectivity index (χ0) is 10.7. The van der Waals surface area contributed by atoms with Crippen molar-refractivity contribution in [3.8, 4) is 6.07 Å². The lowest BCUT2D eigenvalue weighted by Gasteiger charge is -1.99. The summed E-state index contributed by atoms with van der Waals surface area (Å²) in [6.07, 6.45) is 0.739. The molecule has 4 nitrogen and oxygen atoms in total. The van der Waals surface area contributed by atoms with E-state index in [1.807, 2.05) is 26.8 Å². The molecule has 1 rings (SSSR count). The van der Waals surface area contributed by atoms with Crippen molar-refractivity contribution < 1.29 is 4.79 Å². The third kappa shape index (κ3) is 1.67. The highest BCUT2D eigenvalue weighted by Crippen LogP contribution is 2.13. The molecule has 0 saturated heterocycles. The smallest absolute Gasteiger partial charge is 0.261 e. The molecule has 0 aliphatic heterocycles. The number of nitriles is 1. The van der Waals surface area contributed by atoms with Crippen molar-refractivity contribution >= 4 is 5.91 Å². The van der Waals surface area contributed by atoms with Crippen molar-refractivity contribution in [3.63, 3.8) is 0 Å². The minimum atomic E-state index is -0.257. The molecule has 4 heteroatoms. The number of nitrogens with zero attached hydrogens (tertiary/aromatic N) is 3. The van der Waals surface area contributed by atoms with Gasteiger partial charge in [-0.2, -0.15) is 10.4 Å². The lowest BCUT2D eigenvalue weighted by atomic mass is 10.1. The van der Waals surface area contributed by atoms with Crippen LogP contribution < -0.4 is 0 Å². The van der Waals surface area contributed by atoms with Gasteiger partial charge < -0.3 is 0 Å². The van der Waals surface area contributed by atoms with Crippen LogP contribution in [0.25, 0.3) is 0 Å². The fraction of sp³-hybridized carbons (Fsp3) is 0.500. The molecule has 0 saturated carbocycles. The van der Waals surface area contributed by atoms with Crippen LogP contribution in [0, 0.1) is 25.2 Å². The summed E-state index contributed by atoms with van der Waals surface area (Å²) < 4.78 is 1.33. The molecule has 0 radical (unpaired) electrons. The predicted octanol–water partition coefficient (Wildman–Crippen LogP) is 1.62. The monoisotopic (exact) mass is 191 g/mol. The molecule has 0 N–H and O–H groups in total. The number of carbonyl (C=O) groups is 1. The molecule has 0 bridgehead atoms. The molecule has 74 valence electrons. The summed E-state index contributed by atoms with van der Waals surface area (Å²) in [5, 5.41) is 12.5. The summed E-state index contributed by atoms with van der Waals surface area (Å²) >= 11 is 0. The van der Waals surface area contributed by atoms with Gasteiger partial charge in [-0.15, -0.1) is 0 Å². The molecule has 1 heterocycles. The Morgan fingerprint density at radius 3 is 2.64 bits per heavy atom. The quantitative estimate of drug-likeness (QED) is 0.713. The van der Waals surface area contributed by atoms with Crippen molar-refractivity contribution in [2.45, 2.75) is 33.6 Å². The van der Waals surface area contributed by atoms with Crippen LogP contribution in [0.2, 0.25) is 0 Å². The summed E-state index contributed by atoms with van der Waals surface area (Å²) in [5.74, 6) is -0.257. The highest BCUT2D eigenvalue weighted by atomic mass is 16.2. The molecule has 0 unspecified atom stereocenters. The maximum atomic E-state index is 11.4. The van der Waals surface area contributed by atoms with Crippen LogP contribution in [0.1, 0.15) is 35.1 Å². The van der Waals surface area contributed by atoms with E-state index in [1.54, 1.807) is 0 Å². The number of rotatable bonds is 2. The standard InChI is InChI=1S/C10H13N3O/c1-4-9-7(2)12-13(8(9)3)10(14)5-6-11/h4-5H2,1-3H3. The number of hydrogen-bond acceptors (Lipinski definition) is 3. The molecule has 0 fully saturated rings. The fourth-order valence-electron chi connectivity index (χ4n) is 1.57. The maximum Gasteiger partial charge on any atom is 0.261 e. The topological polar surface area (TPSA) is 58.7 Å². The number of aromatic nitrogens is 2. The molecule has 0 spiro atoms. The Labute approximate surface area is 83.1 Å². The van der Waals surface area contributed by atoms with E-state index in [0.717, 1.165) is 23.4 Å². The number of hydrogen-bond donors (Lipinski definition) is 0. The van der Waals surface area contributed by atoms with Crippen LogP contribution in [0.5, 0.6) is 0 Å². The second kappa shape index (κ2) is 4.05. The summed E-state index contributed by atoms with van der Waals surface area (Å²) in [6, 6.07) is 1.83. The van der Waals surface area contributed by atoms with Crippen molar-refractivity contribution in [1.82, 2.24) is 9.78 Å². The van der Waals surface area contributed by atoms with Gasteiger partial charge in [0.2, 0.25) is 0 Å². The zero-order valence-electron chi connectivity index (χ0n) is 8.66. The van der Waals surface area contributed by atoms with Gasteiger partial charge in [0.25, 0.3) is 5.91 Å². The molecule has 1 aromatic rings. The zero-order valence-corrected chi connectivity index (χ0v) is 8.66. The van der Waals surface area contributed by atoms with Crippen molar-refractivity contribution in [1.29, 1.82) is 5.26 Å². The minimum absolute atomic E-state index is 0.120. The van der Waals surface area contributed by atoms with E-state index in [0.29, 0.717) is 0 Å². The molecule has 0 aliphatic carbocycles. The molecule has 0 amide bonds. The third-order valence-corrected chi connectivity index (χ3v) is 2.26. The summed E-state index contributed by atoms with van der Waals surface area (Å²) in [6.45, 7) is 5.76. The molecular formula is C10H13N3O. The summed E-state index contributed by atoms with van der Waals surface area (Å²) in [4.78, 5) is 11.4. The first kappa shape index (κ1) is 10.5. The Morgan fingerprint density at radius 1 is 1.57 bits per heavy atom. The van der Waals surface area contributed by atoms with Crippen LogP contribution in [0.3, 0.4) is 0 Å². The SMILES string of the molecule is CCc1c(C)nn(C(=O)CC#N)c1C. The number of carbonyl (C=O) groups excluding carboxylic acids is 1. The molecular weight excluding hydrogens is 178 g/mol. The van der Waals surface area contributed by atoms with Crippen LogP contribution in [-0.4, -0.2) is 15.7 Å². The van der Waals surface area contributed by atoms with E-state index in [4.69, 9.17) is 5.26 Å². The van der Waals surface area contributed by atoms with E-state index in [1.165, 1.54) is 4.68 Å². The van der Waals surface area contributed by atoms with E-state index >= 15 is 0 Å². The average Bonchev–Trinajstić information content (AvgIpc) is 2.42. The molecule has 0 atom stereocenters. The van der Waals surface area contributed by atoms with Crippen LogP contribution in [-0.2, 0) is 6.42 Å². The number of aryl methyl sites for hydroxylation is 1. The normalized spacial score (nSPS) is 9.86. The van der Waals surface area contributed by atoms with Crippen molar-refractivity contribution in [2.75, 3.05) is 0 Å². The predicted molar refractivity (Wildman–Crippen MR) is 51.9 cm³/mol. The molecule has 14 heavy (non-hydrogen) atoms. The Balaban J connectivity index is 3.12. The Hall–Kier alpha value is -1.63. The van der Waals surface area contributed by atoms with Gasteiger partial charge in [-0.25, -0.2) is 4.68 Å². The lowest BCUT2D eigenvalue weighted by molar-refractivity contribution is 0.0901. The van der Waals surface area contributed by atoms with Gasteiger partial charge in [0, 0.05) is 5.69 Å². The van der Waals surface area contributed by atoms with Crippen LogP contribution in [0.4, 0.5) is 0 Å². The Kier molecular flexibility index (Phi) is 3.03.